The Morgan fingerprint density at radius 1 is 1.00 bits per heavy atom. The number of benzene rings is 2. The molecule has 0 atom stereocenters. The van der Waals surface area contributed by atoms with Crippen LogP contribution in [0.15, 0.2) is 42.0 Å². The van der Waals surface area contributed by atoms with E-state index in [4.69, 9.17) is 32.7 Å². The molecule has 4 amide bonds. The van der Waals surface area contributed by atoms with Crippen LogP contribution in [0.5, 0.6) is 11.5 Å². The quantitative estimate of drug-likeness (QED) is 0.520. The molecule has 156 valence electrons. The molecule has 0 spiro atoms. The summed E-state index contributed by atoms with van der Waals surface area (Å²) in [6, 6.07) is 8.60. The lowest BCUT2D eigenvalue weighted by Crippen LogP contribution is -2.54. The normalized spacial score (nSPS) is 15.4. The summed E-state index contributed by atoms with van der Waals surface area (Å²) in [6.07, 6.45) is 1.33. The molecule has 7 nitrogen and oxygen atoms in total. The Balaban J connectivity index is 2.05. The van der Waals surface area contributed by atoms with Crippen LogP contribution in [-0.2, 0) is 9.59 Å². The van der Waals surface area contributed by atoms with Gasteiger partial charge in [-0.15, -0.1) is 0 Å². The van der Waals surface area contributed by atoms with E-state index in [2.05, 4.69) is 5.32 Å². The SMILES string of the molecule is CCOc1cc(/C=C2\C(=O)NC(=O)N(c3ccccc3Cl)C2=O)cc(Cl)c1OCC. The van der Waals surface area contributed by atoms with Gasteiger partial charge >= 0.3 is 6.03 Å². The van der Waals surface area contributed by atoms with Gasteiger partial charge in [0.05, 0.1) is 28.9 Å². The van der Waals surface area contributed by atoms with E-state index >= 15 is 0 Å². The average molecular weight is 449 g/mol. The summed E-state index contributed by atoms with van der Waals surface area (Å²) in [7, 11) is 0. The van der Waals surface area contributed by atoms with Crippen LogP contribution < -0.4 is 19.7 Å². The van der Waals surface area contributed by atoms with Crippen molar-refractivity contribution >= 4 is 52.8 Å². The molecule has 0 aromatic heterocycles. The van der Waals surface area contributed by atoms with E-state index in [1.54, 1.807) is 31.2 Å². The first kappa shape index (κ1) is 21.7. The summed E-state index contributed by atoms with van der Waals surface area (Å²) < 4.78 is 11.1. The summed E-state index contributed by atoms with van der Waals surface area (Å²) >= 11 is 12.4. The Kier molecular flexibility index (Phi) is 6.64. The first-order valence-electron chi connectivity index (χ1n) is 9.12. The molecular formula is C21H18Cl2N2O5. The zero-order chi connectivity index (χ0) is 21.8. The highest BCUT2D eigenvalue weighted by molar-refractivity contribution is 6.42. The highest BCUT2D eigenvalue weighted by Crippen LogP contribution is 2.37. The first-order chi connectivity index (χ1) is 14.4. The number of carbonyl (C=O) groups is 3. The molecular weight excluding hydrogens is 431 g/mol. The van der Waals surface area contributed by atoms with E-state index in [1.807, 2.05) is 6.92 Å². The molecule has 0 bridgehead atoms. The molecule has 0 aliphatic carbocycles. The Morgan fingerprint density at radius 2 is 1.70 bits per heavy atom. The van der Waals surface area contributed by atoms with Crippen LogP contribution in [0.4, 0.5) is 10.5 Å². The predicted molar refractivity (Wildman–Crippen MR) is 114 cm³/mol. The number of hydrogen-bond donors (Lipinski definition) is 1. The summed E-state index contributed by atoms with van der Waals surface area (Å²) in [5.74, 6) is -0.882. The van der Waals surface area contributed by atoms with E-state index in [0.29, 0.717) is 30.3 Å². The van der Waals surface area contributed by atoms with E-state index in [-0.39, 0.29) is 21.3 Å². The molecule has 0 saturated carbocycles. The van der Waals surface area contributed by atoms with Crippen LogP contribution in [0.1, 0.15) is 19.4 Å². The molecule has 1 aliphatic heterocycles. The summed E-state index contributed by atoms with van der Waals surface area (Å²) in [5, 5.41) is 2.61. The average Bonchev–Trinajstić information content (AvgIpc) is 2.69. The van der Waals surface area contributed by atoms with Gasteiger partial charge in [-0.05, 0) is 49.8 Å². The van der Waals surface area contributed by atoms with E-state index in [0.717, 1.165) is 4.90 Å². The van der Waals surface area contributed by atoms with Gasteiger partial charge in [-0.2, -0.15) is 0 Å². The Hall–Kier alpha value is -3.03. The fourth-order valence-corrected chi connectivity index (χ4v) is 3.39. The van der Waals surface area contributed by atoms with Gasteiger partial charge in [-0.1, -0.05) is 35.3 Å². The zero-order valence-corrected chi connectivity index (χ0v) is 17.7. The number of hydrogen-bond acceptors (Lipinski definition) is 5. The first-order valence-corrected chi connectivity index (χ1v) is 9.88. The van der Waals surface area contributed by atoms with Gasteiger partial charge in [0.25, 0.3) is 11.8 Å². The van der Waals surface area contributed by atoms with Crippen molar-refractivity contribution in [3.8, 4) is 11.5 Å². The Labute approximate surface area is 183 Å². The van der Waals surface area contributed by atoms with E-state index in [9.17, 15) is 14.4 Å². The van der Waals surface area contributed by atoms with Crippen molar-refractivity contribution in [2.45, 2.75) is 13.8 Å². The molecule has 1 N–H and O–H groups in total. The van der Waals surface area contributed by atoms with Crippen molar-refractivity contribution in [3.63, 3.8) is 0 Å². The number of ether oxygens (including phenoxy) is 2. The molecule has 0 unspecified atom stereocenters. The number of rotatable bonds is 6. The number of barbiturate groups is 1. The maximum atomic E-state index is 13.0. The van der Waals surface area contributed by atoms with Crippen LogP contribution in [-0.4, -0.2) is 31.1 Å². The zero-order valence-electron chi connectivity index (χ0n) is 16.2. The number of carbonyl (C=O) groups excluding carboxylic acids is 3. The number of nitrogens with zero attached hydrogens (tertiary/aromatic N) is 1. The second kappa shape index (κ2) is 9.19. The van der Waals surface area contributed by atoms with Crippen molar-refractivity contribution in [3.05, 3.63) is 57.6 Å². The highest BCUT2D eigenvalue weighted by Gasteiger charge is 2.37. The fraction of sp³-hybridized carbons (Fsp3) is 0.190. The van der Waals surface area contributed by atoms with Crippen molar-refractivity contribution in [1.29, 1.82) is 0 Å². The minimum atomic E-state index is -0.880. The molecule has 1 heterocycles. The minimum Gasteiger partial charge on any atom is -0.490 e. The van der Waals surface area contributed by atoms with Crippen molar-refractivity contribution in [2.24, 2.45) is 0 Å². The van der Waals surface area contributed by atoms with E-state index in [1.165, 1.54) is 18.2 Å². The minimum absolute atomic E-state index is 0.166. The van der Waals surface area contributed by atoms with Gasteiger partial charge in [0, 0.05) is 0 Å². The largest absolute Gasteiger partial charge is 0.490 e. The maximum absolute atomic E-state index is 13.0. The van der Waals surface area contributed by atoms with Gasteiger partial charge in [0.2, 0.25) is 0 Å². The van der Waals surface area contributed by atoms with Crippen molar-refractivity contribution < 1.29 is 23.9 Å². The number of imide groups is 2. The van der Waals surface area contributed by atoms with Crippen LogP contribution in [0, 0.1) is 0 Å². The summed E-state index contributed by atoms with van der Waals surface area (Å²) in [4.78, 5) is 38.5. The van der Waals surface area contributed by atoms with Crippen LogP contribution in [0.2, 0.25) is 10.0 Å². The third-order valence-electron chi connectivity index (χ3n) is 4.13. The molecule has 2 aromatic carbocycles. The second-order valence-electron chi connectivity index (χ2n) is 6.11. The van der Waals surface area contributed by atoms with Gasteiger partial charge in [-0.3, -0.25) is 14.9 Å². The molecule has 1 aliphatic rings. The summed E-state index contributed by atoms with van der Waals surface area (Å²) in [5.41, 5.74) is 0.343. The van der Waals surface area contributed by atoms with Gasteiger partial charge in [-0.25, -0.2) is 9.69 Å². The molecule has 0 radical (unpaired) electrons. The topological polar surface area (TPSA) is 84.9 Å². The lowest BCUT2D eigenvalue weighted by Gasteiger charge is -2.27. The lowest BCUT2D eigenvalue weighted by atomic mass is 10.1. The number of nitrogens with one attached hydrogen (secondary N) is 1. The third-order valence-corrected chi connectivity index (χ3v) is 4.73. The fourth-order valence-electron chi connectivity index (χ4n) is 2.89. The molecule has 9 heteroatoms. The molecule has 1 saturated heterocycles. The highest BCUT2D eigenvalue weighted by atomic mass is 35.5. The smallest absolute Gasteiger partial charge is 0.335 e. The van der Waals surface area contributed by atoms with Crippen molar-refractivity contribution in [1.82, 2.24) is 5.32 Å². The van der Waals surface area contributed by atoms with E-state index < -0.39 is 17.8 Å². The summed E-state index contributed by atoms with van der Waals surface area (Å²) in [6.45, 7) is 4.37. The lowest BCUT2D eigenvalue weighted by molar-refractivity contribution is -0.122. The third kappa shape index (κ3) is 4.27. The molecule has 30 heavy (non-hydrogen) atoms. The molecule has 1 fully saturated rings. The second-order valence-corrected chi connectivity index (χ2v) is 6.92. The van der Waals surface area contributed by atoms with Crippen LogP contribution in [0.3, 0.4) is 0 Å². The van der Waals surface area contributed by atoms with Gasteiger partial charge in [0.15, 0.2) is 11.5 Å². The molecule has 3 rings (SSSR count). The maximum Gasteiger partial charge on any atom is 0.335 e. The standard InChI is InChI=1S/C21H18Cl2N2O5/c1-3-29-17-11-12(10-15(23)18(17)30-4-2)9-13-19(26)24-21(28)25(20(13)27)16-8-6-5-7-14(16)22/h5-11H,3-4H2,1-2H3,(H,24,26,28)/b13-9+. The predicted octanol–water partition coefficient (Wildman–Crippen LogP) is 4.46. The van der Waals surface area contributed by atoms with Crippen molar-refractivity contribution in [2.75, 3.05) is 18.1 Å². The van der Waals surface area contributed by atoms with Crippen LogP contribution >= 0.6 is 23.2 Å². The number of halogens is 2. The number of para-hydroxylation sites is 1. The van der Waals surface area contributed by atoms with Gasteiger partial charge < -0.3 is 9.47 Å². The van der Waals surface area contributed by atoms with Crippen LogP contribution in [0.25, 0.3) is 6.08 Å². The Bertz CT molecular complexity index is 1050. The number of amides is 4. The Morgan fingerprint density at radius 3 is 2.37 bits per heavy atom. The number of urea groups is 1. The number of anilines is 1. The molecule has 2 aromatic rings. The monoisotopic (exact) mass is 448 g/mol. The van der Waals surface area contributed by atoms with Gasteiger partial charge in [0.1, 0.15) is 5.57 Å².